The van der Waals surface area contributed by atoms with Crippen molar-refractivity contribution in [3.63, 3.8) is 0 Å². The molecule has 0 aromatic heterocycles. The number of ether oxygens (including phenoxy) is 2. The Hall–Kier alpha value is -2.21. The number of carbonyl (C=O) groups is 1. The van der Waals surface area contributed by atoms with Crippen molar-refractivity contribution in [3.8, 4) is 11.5 Å². The molecular formula is C17H21NO5. The van der Waals surface area contributed by atoms with E-state index in [1.54, 1.807) is 13.2 Å². The molecule has 2 N–H and O–H groups in total. The molecule has 0 saturated heterocycles. The summed E-state index contributed by atoms with van der Waals surface area (Å²) in [5, 5.41) is 9.21. The van der Waals surface area contributed by atoms with E-state index in [1.807, 2.05) is 18.2 Å². The van der Waals surface area contributed by atoms with Gasteiger partial charge in [-0.2, -0.15) is 0 Å². The van der Waals surface area contributed by atoms with Crippen LogP contribution in [0.3, 0.4) is 0 Å². The Labute approximate surface area is 135 Å². The molecule has 0 radical (unpaired) electrons. The molecule has 0 bridgehead atoms. The number of nitrogens with one attached hydrogen (secondary N) is 1. The molecule has 6 heteroatoms. The highest BCUT2D eigenvalue weighted by atomic mass is 16.7. The molecule has 1 fully saturated rings. The first kappa shape index (κ1) is 15.7. The second kappa shape index (κ2) is 6.12. The minimum absolute atomic E-state index is 0.213. The maximum atomic E-state index is 11.2. The van der Waals surface area contributed by atoms with Gasteiger partial charge in [0, 0.05) is 5.56 Å². The molecule has 1 unspecified atom stereocenters. The third-order valence-electron chi connectivity index (χ3n) is 4.29. The first-order valence-electron chi connectivity index (χ1n) is 7.77. The van der Waals surface area contributed by atoms with Crippen LogP contribution in [0.1, 0.15) is 38.2 Å². The summed E-state index contributed by atoms with van der Waals surface area (Å²) in [6.45, 7) is 1.49. The van der Waals surface area contributed by atoms with Gasteiger partial charge in [0.1, 0.15) is 0 Å². The first-order valence-corrected chi connectivity index (χ1v) is 7.77. The number of carboxylic acid groups (broad SMARTS) is 1. The standard InChI is InChI=1S/C17H21NO5/c1-17(16(19)20)10-13(18-23-17)11-7-8-14(21-2)15(9-11)22-12-5-3-4-6-12/h7-10,12,18H,3-6H2,1-2H3,(H,19,20). The van der Waals surface area contributed by atoms with Crippen molar-refractivity contribution < 1.29 is 24.2 Å². The van der Waals surface area contributed by atoms with E-state index < -0.39 is 11.6 Å². The summed E-state index contributed by atoms with van der Waals surface area (Å²) in [4.78, 5) is 16.4. The second-order valence-electron chi connectivity index (χ2n) is 6.06. The average Bonchev–Trinajstić information content (AvgIpc) is 3.18. The second-order valence-corrected chi connectivity index (χ2v) is 6.06. The van der Waals surface area contributed by atoms with Crippen molar-refractivity contribution in [1.29, 1.82) is 0 Å². The van der Waals surface area contributed by atoms with Gasteiger partial charge in [-0.15, -0.1) is 0 Å². The Morgan fingerprint density at radius 3 is 2.70 bits per heavy atom. The lowest BCUT2D eigenvalue weighted by atomic mass is 10.0. The SMILES string of the molecule is COc1ccc(C2=CC(C)(C(=O)O)ON2)cc1OC1CCCC1. The zero-order valence-electron chi connectivity index (χ0n) is 13.3. The highest BCUT2D eigenvalue weighted by Crippen LogP contribution is 2.35. The lowest BCUT2D eigenvalue weighted by molar-refractivity contribution is -0.159. The molecular weight excluding hydrogens is 298 g/mol. The molecule has 1 aromatic carbocycles. The number of hydrogen-bond donors (Lipinski definition) is 2. The molecule has 2 aliphatic rings. The van der Waals surface area contributed by atoms with Crippen molar-refractivity contribution in [2.45, 2.75) is 44.3 Å². The summed E-state index contributed by atoms with van der Waals surface area (Å²) in [5.41, 5.74) is 2.71. The van der Waals surface area contributed by atoms with E-state index in [1.165, 1.54) is 19.8 Å². The minimum atomic E-state index is -1.37. The number of hydrogen-bond acceptors (Lipinski definition) is 5. The van der Waals surface area contributed by atoms with Crippen molar-refractivity contribution >= 4 is 11.7 Å². The Morgan fingerprint density at radius 2 is 2.09 bits per heavy atom. The van der Waals surface area contributed by atoms with E-state index in [4.69, 9.17) is 14.3 Å². The summed E-state index contributed by atoms with van der Waals surface area (Å²) in [7, 11) is 1.61. The number of carboxylic acids is 1. The summed E-state index contributed by atoms with van der Waals surface area (Å²) in [6, 6.07) is 5.52. The Bertz CT molecular complexity index is 636. The van der Waals surface area contributed by atoms with Crippen LogP contribution in [0.15, 0.2) is 24.3 Å². The van der Waals surface area contributed by atoms with Crippen LogP contribution in [0, 0.1) is 0 Å². The zero-order valence-corrected chi connectivity index (χ0v) is 13.3. The van der Waals surface area contributed by atoms with Crippen molar-refractivity contribution in [2.75, 3.05) is 7.11 Å². The van der Waals surface area contributed by atoms with Gasteiger partial charge >= 0.3 is 5.97 Å². The van der Waals surface area contributed by atoms with E-state index in [0.29, 0.717) is 17.2 Å². The van der Waals surface area contributed by atoms with Gasteiger partial charge in [0.25, 0.3) is 0 Å². The highest BCUT2D eigenvalue weighted by Gasteiger charge is 2.38. The normalized spacial score (nSPS) is 24.2. The molecule has 6 nitrogen and oxygen atoms in total. The lowest BCUT2D eigenvalue weighted by Crippen LogP contribution is -2.35. The molecule has 1 aromatic rings. The maximum absolute atomic E-state index is 11.2. The van der Waals surface area contributed by atoms with Gasteiger partial charge in [-0.3, -0.25) is 10.3 Å². The van der Waals surface area contributed by atoms with Crippen LogP contribution in [0.2, 0.25) is 0 Å². The van der Waals surface area contributed by atoms with Crippen LogP contribution in [-0.4, -0.2) is 29.9 Å². The first-order chi connectivity index (χ1) is 11.0. The molecule has 3 rings (SSSR count). The van der Waals surface area contributed by atoms with Crippen LogP contribution in [0.5, 0.6) is 11.5 Å². The van der Waals surface area contributed by atoms with Gasteiger partial charge in [-0.1, -0.05) is 0 Å². The molecule has 23 heavy (non-hydrogen) atoms. The Kier molecular flexibility index (Phi) is 4.17. The molecule has 1 aliphatic carbocycles. The Morgan fingerprint density at radius 1 is 1.35 bits per heavy atom. The lowest BCUT2D eigenvalue weighted by Gasteiger charge is -2.17. The number of aliphatic carboxylic acids is 1. The van der Waals surface area contributed by atoms with Gasteiger partial charge in [-0.25, -0.2) is 4.79 Å². The fourth-order valence-corrected chi connectivity index (χ4v) is 2.87. The minimum Gasteiger partial charge on any atom is -0.493 e. The fraction of sp³-hybridized carbons (Fsp3) is 0.471. The monoisotopic (exact) mass is 319 g/mol. The van der Waals surface area contributed by atoms with E-state index in [0.717, 1.165) is 18.4 Å². The molecule has 1 heterocycles. The average molecular weight is 319 g/mol. The third kappa shape index (κ3) is 3.12. The summed E-state index contributed by atoms with van der Waals surface area (Å²) < 4.78 is 11.4. The highest BCUT2D eigenvalue weighted by molar-refractivity contribution is 5.84. The van der Waals surface area contributed by atoms with Crippen molar-refractivity contribution in [3.05, 3.63) is 29.8 Å². The number of methoxy groups -OCH3 is 1. The molecule has 0 amide bonds. The number of benzene rings is 1. The van der Waals surface area contributed by atoms with E-state index in [9.17, 15) is 9.90 Å². The van der Waals surface area contributed by atoms with Gasteiger partial charge in [-0.05, 0) is 56.9 Å². The number of rotatable bonds is 5. The van der Waals surface area contributed by atoms with Crippen LogP contribution >= 0.6 is 0 Å². The molecule has 1 saturated carbocycles. The van der Waals surface area contributed by atoms with E-state index in [-0.39, 0.29) is 6.10 Å². The van der Waals surface area contributed by atoms with Gasteiger partial charge in [0.2, 0.25) is 5.60 Å². The van der Waals surface area contributed by atoms with Crippen molar-refractivity contribution in [1.82, 2.24) is 5.48 Å². The van der Waals surface area contributed by atoms with Crippen LogP contribution in [-0.2, 0) is 9.63 Å². The van der Waals surface area contributed by atoms with Gasteiger partial charge in [0.05, 0.1) is 18.9 Å². The maximum Gasteiger partial charge on any atom is 0.342 e. The molecule has 1 aliphatic heterocycles. The number of hydroxylamine groups is 1. The zero-order chi connectivity index (χ0) is 16.4. The van der Waals surface area contributed by atoms with Crippen LogP contribution in [0.4, 0.5) is 0 Å². The van der Waals surface area contributed by atoms with E-state index >= 15 is 0 Å². The van der Waals surface area contributed by atoms with Gasteiger partial charge in [0.15, 0.2) is 11.5 Å². The predicted octanol–water partition coefficient (Wildman–Crippen LogP) is 2.74. The fourth-order valence-electron chi connectivity index (χ4n) is 2.87. The summed E-state index contributed by atoms with van der Waals surface area (Å²) in [5.74, 6) is 0.292. The topological polar surface area (TPSA) is 77.0 Å². The Balaban J connectivity index is 1.87. The third-order valence-corrected chi connectivity index (χ3v) is 4.29. The smallest absolute Gasteiger partial charge is 0.342 e. The molecule has 1 atom stereocenters. The molecule has 124 valence electrons. The van der Waals surface area contributed by atoms with E-state index in [2.05, 4.69) is 5.48 Å². The van der Waals surface area contributed by atoms with Gasteiger partial charge < -0.3 is 14.6 Å². The summed E-state index contributed by atoms with van der Waals surface area (Å²) in [6.07, 6.45) is 6.23. The molecule has 0 spiro atoms. The predicted molar refractivity (Wildman–Crippen MR) is 84.1 cm³/mol. The van der Waals surface area contributed by atoms with Crippen LogP contribution in [0.25, 0.3) is 5.70 Å². The quantitative estimate of drug-likeness (QED) is 0.869. The summed E-state index contributed by atoms with van der Waals surface area (Å²) >= 11 is 0. The largest absolute Gasteiger partial charge is 0.493 e. The van der Waals surface area contributed by atoms with Crippen molar-refractivity contribution in [2.24, 2.45) is 0 Å². The van der Waals surface area contributed by atoms with Crippen LogP contribution < -0.4 is 15.0 Å².